The van der Waals surface area contributed by atoms with Crippen molar-refractivity contribution < 1.29 is 48.5 Å². The Morgan fingerprint density at radius 3 is 1.06 bits per heavy atom. The largest absolute Gasteiger partial charge is 0.458 e. The summed E-state index contributed by atoms with van der Waals surface area (Å²) in [4.78, 5) is 95.0. The lowest BCUT2D eigenvalue weighted by Gasteiger charge is -2.46. The van der Waals surface area contributed by atoms with Gasteiger partial charge in [-0.3, -0.25) is 29.0 Å². The SMILES string of the molecule is CC(C)[C@](C(=O)N[C@@H](Cc1ccccc1)[C@@H](O)[C@H](O)[C@H](Cc1ccccc1)NC(=O)[C@](C(=O)OC(C)(C)C)(C(C)C)N(C(=O)[C@H](C)N)c1cccc2ccccc12)(C(=O)OC(C)(C)C)N(C(=O)[C@H](C)N)c1cccc2ccccc12. The average molecular weight is 1090 g/mol. The first-order valence-corrected chi connectivity index (χ1v) is 27.2. The number of aliphatic hydroxyl groups excluding tert-OH is 2. The Bertz CT molecular complexity index is 2930. The van der Waals surface area contributed by atoms with E-state index in [4.69, 9.17) is 20.9 Å². The van der Waals surface area contributed by atoms with E-state index < -0.39 is 106 Å². The molecule has 0 aliphatic rings. The summed E-state index contributed by atoms with van der Waals surface area (Å²) in [6, 6.07) is 36.7. The van der Waals surface area contributed by atoms with Crippen LogP contribution in [0.3, 0.4) is 0 Å². The maximum Gasteiger partial charge on any atom is 0.343 e. The van der Waals surface area contributed by atoms with E-state index in [2.05, 4.69) is 10.6 Å². The highest BCUT2D eigenvalue weighted by atomic mass is 16.6. The Morgan fingerprint density at radius 2 is 0.762 bits per heavy atom. The standard InChI is InChI=1S/C64H80N6O10/c1-39(2)63(59(77)79-61(7,8)9,69(55(73)41(5)65)51-35-23-31-45-29-19-21-33-47(45)51)57(75)67-49(37-43-25-15-13-16-26-43)53(71)54(72)50(38-44-27-17-14-18-28-44)68-58(76)64(40(3)4,60(78)80-62(10,11)12)70(56(74)42(6)66)52-36-24-32-46-30-20-22-34-48(46)52/h13-36,39-42,49-50,53-54,71-72H,37-38,65-66H2,1-12H3,(H,67,75)(H,68,76)/t41-,42-,49-,50-,53+,54+,63-,64-/m0/s1. The van der Waals surface area contributed by atoms with Crippen molar-refractivity contribution in [3.63, 3.8) is 0 Å². The number of nitrogens with two attached hydrogens (primary N) is 2. The molecule has 16 nitrogen and oxygen atoms in total. The molecule has 426 valence electrons. The van der Waals surface area contributed by atoms with E-state index >= 15 is 19.2 Å². The number of ether oxygens (including phenoxy) is 2. The lowest BCUT2D eigenvalue weighted by Crippen LogP contribution is -2.73. The van der Waals surface area contributed by atoms with Gasteiger partial charge in [-0.15, -0.1) is 0 Å². The number of fused-ring (bicyclic) bond motifs is 2. The first kappa shape index (κ1) is 61.7. The summed E-state index contributed by atoms with van der Waals surface area (Å²) in [5.74, 6) is -8.00. The minimum Gasteiger partial charge on any atom is -0.458 e. The zero-order chi connectivity index (χ0) is 59.1. The van der Waals surface area contributed by atoms with Gasteiger partial charge in [-0.25, -0.2) is 9.59 Å². The van der Waals surface area contributed by atoms with Crippen LogP contribution in [0.15, 0.2) is 146 Å². The summed E-state index contributed by atoms with van der Waals surface area (Å²) in [6.45, 7) is 19.1. The Morgan fingerprint density at radius 1 is 0.463 bits per heavy atom. The number of nitrogens with one attached hydrogen (secondary N) is 2. The molecule has 0 fully saturated rings. The van der Waals surface area contributed by atoms with Crippen LogP contribution in [0.1, 0.15) is 94.2 Å². The van der Waals surface area contributed by atoms with E-state index in [1.54, 1.807) is 178 Å². The van der Waals surface area contributed by atoms with E-state index in [1.165, 1.54) is 13.8 Å². The number of benzene rings is 6. The molecule has 0 aliphatic carbocycles. The molecule has 0 aliphatic heterocycles. The third-order valence-corrected chi connectivity index (χ3v) is 14.1. The topological polar surface area (TPSA) is 244 Å². The van der Waals surface area contributed by atoms with Crippen molar-refractivity contribution in [2.75, 3.05) is 9.80 Å². The molecule has 80 heavy (non-hydrogen) atoms. The van der Waals surface area contributed by atoms with Crippen molar-refractivity contribution in [1.29, 1.82) is 0 Å². The highest BCUT2D eigenvalue weighted by Crippen LogP contribution is 2.41. The van der Waals surface area contributed by atoms with Gasteiger partial charge in [0.15, 0.2) is 0 Å². The average Bonchev–Trinajstić information content (AvgIpc) is 3.47. The number of amides is 4. The predicted molar refractivity (Wildman–Crippen MR) is 313 cm³/mol. The van der Waals surface area contributed by atoms with Crippen molar-refractivity contribution in [2.45, 2.75) is 155 Å². The number of aliphatic hydroxyl groups is 2. The van der Waals surface area contributed by atoms with Gasteiger partial charge in [0.2, 0.25) is 22.9 Å². The molecule has 6 rings (SSSR count). The van der Waals surface area contributed by atoms with E-state index in [-0.39, 0.29) is 24.2 Å². The summed E-state index contributed by atoms with van der Waals surface area (Å²) in [5.41, 5.74) is 6.95. The Balaban J connectivity index is 1.57. The number of carbonyl (C=O) groups excluding carboxylic acids is 6. The Kier molecular flexibility index (Phi) is 19.5. The zero-order valence-corrected chi connectivity index (χ0v) is 48.1. The molecule has 0 aromatic heterocycles. The van der Waals surface area contributed by atoms with Gasteiger partial charge in [0.05, 0.1) is 35.5 Å². The summed E-state index contributed by atoms with van der Waals surface area (Å²) >= 11 is 0. The normalized spacial score (nSPS) is 15.8. The van der Waals surface area contributed by atoms with Gasteiger partial charge >= 0.3 is 11.9 Å². The summed E-state index contributed by atoms with van der Waals surface area (Å²) in [5, 5.41) is 34.3. The maximum absolute atomic E-state index is 16.1. The van der Waals surface area contributed by atoms with Crippen LogP contribution in [-0.2, 0) is 51.1 Å². The van der Waals surface area contributed by atoms with Crippen LogP contribution in [0.2, 0.25) is 0 Å². The number of esters is 2. The fraction of sp³-hybridized carbons (Fsp3) is 0.406. The number of hydrogen-bond donors (Lipinski definition) is 6. The molecular formula is C64H80N6O10. The van der Waals surface area contributed by atoms with Gasteiger partial charge in [-0.2, -0.15) is 0 Å². The molecule has 6 aromatic rings. The number of hydrogen-bond acceptors (Lipinski definition) is 12. The second-order valence-electron chi connectivity index (χ2n) is 23.3. The molecule has 0 unspecified atom stereocenters. The third-order valence-electron chi connectivity index (χ3n) is 14.1. The van der Waals surface area contributed by atoms with Crippen LogP contribution in [0.25, 0.3) is 21.5 Å². The molecule has 0 saturated heterocycles. The summed E-state index contributed by atoms with van der Waals surface area (Å²) < 4.78 is 12.3. The number of anilines is 2. The molecule has 16 heteroatoms. The fourth-order valence-electron chi connectivity index (χ4n) is 10.3. The van der Waals surface area contributed by atoms with E-state index in [0.717, 1.165) is 9.80 Å². The van der Waals surface area contributed by atoms with Gasteiger partial charge < -0.3 is 41.8 Å². The van der Waals surface area contributed by atoms with Gasteiger partial charge in [0.25, 0.3) is 11.8 Å². The molecule has 8 atom stereocenters. The predicted octanol–water partition coefficient (Wildman–Crippen LogP) is 7.70. The first-order chi connectivity index (χ1) is 37.6. The minimum atomic E-state index is -2.54. The van der Waals surface area contributed by atoms with Crippen molar-refractivity contribution in [3.05, 3.63) is 157 Å². The van der Waals surface area contributed by atoms with Crippen LogP contribution in [-0.4, -0.2) is 104 Å². The van der Waals surface area contributed by atoms with E-state index in [1.807, 2.05) is 36.4 Å². The van der Waals surface area contributed by atoms with Crippen LogP contribution < -0.4 is 31.9 Å². The molecule has 0 spiro atoms. The van der Waals surface area contributed by atoms with Gasteiger partial charge in [-0.05, 0) is 114 Å². The molecule has 8 N–H and O–H groups in total. The number of carbonyl (C=O) groups is 6. The molecule has 0 saturated carbocycles. The van der Waals surface area contributed by atoms with Crippen molar-refractivity contribution >= 4 is 68.5 Å². The smallest absolute Gasteiger partial charge is 0.343 e. The highest BCUT2D eigenvalue weighted by Gasteiger charge is 2.61. The number of rotatable bonds is 21. The lowest BCUT2D eigenvalue weighted by atomic mass is 9.80. The van der Waals surface area contributed by atoms with Crippen LogP contribution >= 0.6 is 0 Å². The number of nitrogens with zero attached hydrogens (tertiary/aromatic N) is 2. The molecule has 0 bridgehead atoms. The highest BCUT2D eigenvalue weighted by molar-refractivity contribution is 6.22. The van der Waals surface area contributed by atoms with Crippen molar-refractivity contribution in [2.24, 2.45) is 23.3 Å². The molecule has 4 amide bonds. The Hall–Kier alpha value is -7.50. The second kappa shape index (κ2) is 25.3. The maximum atomic E-state index is 16.1. The lowest BCUT2D eigenvalue weighted by molar-refractivity contribution is -0.170. The Labute approximate surface area is 470 Å². The first-order valence-electron chi connectivity index (χ1n) is 27.2. The molecule has 0 radical (unpaired) electrons. The third kappa shape index (κ3) is 13.2. The van der Waals surface area contributed by atoms with E-state index in [0.29, 0.717) is 32.7 Å². The van der Waals surface area contributed by atoms with Gasteiger partial charge in [0.1, 0.15) is 23.4 Å². The van der Waals surface area contributed by atoms with Crippen LogP contribution in [0, 0.1) is 11.8 Å². The monoisotopic (exact) mass is 1090 g/mol. The zero-order valence-electron chi connectivity index (χ0n) is 48.1. The summed E-state index contributed by atoms with van der Waals surface area (Å²) in [6.07, 6.45) is -4.33. The van der Waals surface area contributed by atoms with Gasteiger partial charge in [-0.1, -0.05) is 161 Å². The van der Waals surface area contributed by atoms with Crippen LogP contribution in [0.4, 0.5) is 11.4 Å². The van der Waals surface area contributed by atoms with E-state index in [9.17, 15) is 19.8 Å². The summed E-state index contributed by atoms with van der Waals surface area (Å²) in [7, 11) is 0. The van der Waals surface area contributed by atoms with Crippen molar-refractivity contribution in [3.8, 4) is 0 Å². The van der Waals surface area contributed by atoms with Crippen molar-refractivity contribution in [1.82, 2.24) is 10.6 Å². The van der Waals surface area contributed by atoms with Crippen LogP contribution in [0.5, 0.6) is 0 Å². The quantitative estimate of drug-likeness (QED) is 0.0300. The molecular weight excluding hydrogens is 1010 g/mol. The minimum absolute atomic E-state index is 0.166. The second-order valence-corrected chi connectivity index (χ2v) is 23.3. The molecule has 6 aromatic carbocycles. The fourth-order valence-corrected chi connectivity index (χ4v) is 10.3. The molecule has 0 heterocycles. The van der Waals surface area contributed by atoms with Gasteiger partial charge in [0, 0.05) is 10.8 Å².